The lowest BCUT2D eigenvalue weighted by Gasteiger charge is -2.26. The van der Waals surface area contributed by atoms with E-state index in [0.717, 1.165) is 22.3 Å². The molecule has 0 saturated carbocycles. The lowest BCUT2D eigenvalue weighted by Crippen LogP contribution is -2.41. The number of hydrogen-bond donors (Lipinski definition) is 1. The first-order chi connectivity index (χ1) is 14.3. The Morgan fingerprint density at radius 2 is 1.57 bits per heavy atom. The SMILES string of the molecule is Cc1ccc(S(=O)(=O)N(CC(=O)NCc2ccncc2)c2cc(C)ccc2C)cc1. The molecule has 0 saturated heterocycles. The van der Waals surface area contributed by atoms with E-state index in [1.807, 2.05) is 32.9 Å². The first kappa shape index (κ1) is 21.5. The fourth-order valence-corrected chi connectivity index (χ4v) is 4.49. The summed E-state index contributed by atoms with van der Waals surface area (Å²) in [7, 11) is -3.93. The third kappa shape index (κ3) is 5.04. The highest BCUT2D eigenvalue weighted by Crippen LogP contribution is 2.28. The molecule has 7 heteroatoms. The molecule has 0 aliphatic carbocycles. The van der Waals surface area contributed by atoms with Crippen LogP contribution in [-0.2, 0) is 21.4 Å². The van der Waals surface area contributed by atoms with Crippen LogP contribution in [0.5, 0.6) is 0 Å². The summed E-state index contributed by atoms with van der Waals surface area (Å²) >= 11 is 0. The van der Waals surface area contributed by atoms with Gasteiger partial charge in [-0.3, -0.25) is 14.1 Å². The van der Waals surface area contributed by atoms with Crippen LogP contribution in [-0.4, -0.2) is 25.9 Å². The summed E-state index contributed by atoms with van der Waals surface area (Å²) in [5, 5.41) is 2.79. The topological polar surface area (TPSA) is 79.4 Å². The van der Waals surface area contributed by atoms with Gasteiger partial charge in [-0.15, -0.1) is 0 Å². The molecule has 0 unspecified atom stereocenters. The van der Waals surface area contributed by atoms with Crippen LogP contribution < -0.4 is 9.62 Å². The zero-order chi connectivity index (χ0) is 21.7. The first-order valence-electron chi connectivity index (χ1n) is 9.59. The highest BCUT2D eigenvalue weighted by molar-refractivity contribution is 7.92. The summed E-state index contributed by atoms with van der Waals surface area (Å²) in [5.74, 6) is -0.386. The Kier molecular flexibility index (Phi) is 6.52. The number of pyridine rings is 1. The van der Waals surface area contributed by atoms with Gasteiger partial charge in [-0.1, -0.05) is 29.8 Å². The normalized spacial score (nSPS) is 11.2. The van der Waals surface area contributed by atoms with Crippen molar-refractivity contribution in [3.8, 4) is 0 Å². The monoisotopic (exact) mass is 423 g/mol. The van der Waals surface area contributed by atoms with E-state index in [2.05, 4.69) is 10.3 Å². The van der Waals surface area contributed by atoms with Crippen LogP contribution in [0.1, 0.15) is 22.3 Å². The number of rotatable bonds is 7. The van der Waals surface area contributed by atoms with Gasteiger partial charge in [-0.05, 0) is 67.8 Å². The van der Waals surface area contributed by atoms with Gasteiger partial charge in [-0.2, -0.15) is 0 Å². The molecule has 1 aromatic heterocycles. The number of carbonyl (C=O) groups excluding carboxylic acids is 1. The molecule has 0 spiro atoms. The maximum Gasteiger partial charge on any atom is 0.264 e. The quantitative estimate of drug-likeness (QED) is 0.631. The molecule has 2 aromatic carbocycles. The third-order valence-electron chi connectivity index (χ3n) is 4.77. The highest BCUT2D eigenvalue weighted by atomic mass is 32.2. The number of nitrogens with zero attached hydrogens (tertiary/aromatic N) is 2. The molecule has 1 N–H and O–H groups in total. The second-order valence-corrected chi connectivity index (χ2v) is 9.11. The Balaban J connectivity index is 1.92. The Morgan fingerprint density at radius 3 is 2.23 bits per heavy atom. The number of aryl methyl sites for hydroxylation is 3. The highest BCUT2D eigenvalue weighted by Gasteiger charge is 2.28. The maximum atomic E-state index is 13.5. The number of benzene rings is 2. The lowest BCUT2D eigenvalue weighted by atomic mass is 10.1. The number of nitrogens with one attached hydrogen (secondary N) is 1. The minimum Gasteiger partial charge on any atom is -0.350 e. The predicted octanol–water partition coefficient (Wildman–Crippen LogP) is 3.52. The molecule has 0 aliphatic rings. The number of anilines is 1. The standard InChI is InChI=1S/C23H25N3O3S/c1-17-5-8-21(9-6-17)30(28,29)26(22-14-18(2)4-7-19(22)3)16-23(27)25-15-20-10-12-24-13-11-20/h4-14H,15-16H2,1-3H3,(H,25,27). The van der Waals surface area contributed by atoms with E-state index in [9.17, 15) is 13.2 Å². The van der Waals surface area contributed by atoms with Crippen LogP contribution >= 0.6 is 0 Å². The molecular weight excluding hydrogens is 398 g/mol. The van der Waals surface area contributed by atoms with Crippen molar-refractivity contribution in [1.82, 2.24) is 10.3 Å². The molecule has 1 heterocycles. The van der Waals surface area contributed by atoms with Crippen molar-refractivity contribution in [3.05, 3.63) is 89.2 Å². The van der Waals surface area contributed by atoms with Crippen LogP contribution in [0.2, 0.25) is 0 Å². The van der Waals surface area contributed by atoms with Crippen molar-refractivity contribution >= 4 is 21.6 Å². The van der Waals surface area contributed by atoms with Crippen molar-refractivity contribution in [2.45, 2.75) is 32.2 Å². The molecule has 0 aliphatic heterocycles. The van der Waals surface area contributed by atoms with Gasteiger partial charge in [0.05, 0.1) is 10.6 Å². The molecule has 0 fully saturated rings. The Hall–Kier alpha value is -3.19. The second kappa shape index (κ2) is 9.09. The van der Waals surface area contributed by atoms with Gasteiger partial charge < -0.3 is 5.32 Å². The Labute approximate surface area is 177 Å². The van der Waals surface area contributed by atoms with Crippen LogP contribution in [0.25, 0.3) is 0 Å². The molecule has 3 rings (SSSR count). The van der Waals surface area contributed by atoms with Crippen LogP contribution in [0.15, 0.2) is 71.9 Å². The number of hydrogen-bond acceptors (Lipinski definition) is 4. The lowest BCUT2D eigenvalue weighted by molar-refractivity contribution is -0.119. The average molecular weight is 424 g/mol. The van der Waals surface area contributed by atoms with E-state index in [0.29, 0.717) is 12.2 Å². The van der Waals surface area contributed by atoms with Gasteiger partial charge in [0.2, 0.25) is 5.91 Å². The number of sulfonamides is 1. The average Bonchev–Trinajstić information content (AvgIpc) is 2.73. The smallest absolute Gasteiger partial charge is 0.264 e. The molecule has 156 valence electrons. The van der Waals surface area contributed by atoms with Gasteiger partial charge >= 0.3 is 0 Å². The summed E-state index contributed by atoms with van der Waals surface area (Å²) in [4.78, 5) is 16.8. The molecule has 3 aromatic rings. The van der Waals surface area contributed by atoms with Crippen molar-refractivity contribution in [3.63, 3.8) is 0 Å². The van der Waals surface area contributed by atoms with Crippen molar-refractivity contribution in [2.75, 3.05) is 10.8 Å². The Morgan fingerprint density at radius 1 is 0.933 bits per heavy atom. The molecule has 0 bridgehead atoms. The second-order valence-electron chi connectivity index (χ2n) is 7.25. The number of aromatic nitrogens is 1. The van der Waals surface area contributed by atoms with E-state index >= 15 is 0 Å². The summed E-state index contributed by atoms with van der Waals surface area (Å²) in [5.41, 5.74) is 4.03. The predicted molar refractivity (Wildman–Crippen MR) is 118 cm³/mol. The third-order valence-corrected chi connectivity index (χ3v) is 6.54. The fraction of sp³-hybridized carbons (Fsp3) is 0.217. The van der Waals surface area contributed by atoms with E-state index in [1.165, 1.54) is 4.31 Å². The van der Waals surface area contributed by atoms with Crippen molar-refractivity contribution in [1.29, 1.82) is 0 Å². The molecule has 30 heavy (non-hydrogen) atoms. The van der Waals surface area contributed by atoms with Gasteiger partial charge in [-0.25, -0.2) is 8.42 Å². The van der Waals surface area contributed by atoms with Crippen molar-refractivity contribution < 1.29 is 13.2 Å². The molecule has 1 amide bonds. The molecule has 6 nitrogen and oxygen atoms in total. The molecule has 0 radical (unpaired) electrons. The minimum absolute atomic E-state index is 0.149. The van der Waals surface area contributed by atoms with Crippen LogP contribution in [0, 0.1) is 20.8 Å². The largest absolute Gasteiger partial charge is 0.350 e. The van der Waals surface area contributed by atoms with Crippen molar-refractivity contribution in [2.24, 2.45) is 0 Å². The fourth-order valence-electron chi connectivity index (χ4n) is 3.01. The summed E-state index contributed by atoms with van der Waals surface area (Å²) in [6.07, 6.45) is 3.29. The maximum absolute atomic E-state index is 13.5. The van der Waals surface area contributed by atoms with Crippen LogP contribution in [0.4, 0.5) is 5.69 Å². The van der Waals surface area contributed by atoms with Gasteiger partial charge in [0.1, 0.15) is 6.54 Å². The first-order valence-corrected chi connectivity index (χ1v) is 11.0. The molecular formula is C23H25N3O3S. The molecule has 0 atom stereocenters. The zero-order valence-electron chi connectivity index (χ0n) is 17.3. The van der Waals surface area contributed by atoms with E-state index in [4.69, 9.17) is 0 Å². The van der Waals surface area contributed by atoms with E-state index in [1.54, 1.807) is 54.9 Å². The van der Waals surface area contributed by atoms with E-state index in [-0.39, 0.29) is 17.3 Å². The van der Waals surface area contributed by atoms with E-state index < -0.39 is 10.0 Å². The number of carbonyl (C=O) groups is 1. The minimum atomic E-state index is -3.93. The number of amides is 1. The van der Waals surface area contributed by atoms with Gasteiger partial charge in [0.15, 0.2) is 0 Å². The van der Waals surface area contributed by atoms with Gasteiger partial charge in [0, 0.05) is 18.9 Å². The van der Waals surface area contributed by atoms with Gasteiger partial charge in [0.25, 0.3) is 10.0 Å². The zero-order valence-corrected chi connectivity index (χ0v) is 18.1. The van der Waals surface area contributed by atoms with Crippen LogP contribution in [0.3, 0.4) is 0 Å². The Bertz CT molecular complexity index is 1130. The summed E-state index contributed by atoms with van der Waals surface area (Å²) in [6.45, 7) is 5.61. The summed E-state index contributed by atoms with van der Waals surface area (Å²) < 4.78 is 28.1. The summed E-state index contributed by atoms with van der Waals surface area (Å²) in [6, 6.07) is 15.8.